The fourth-order valence-corrected chi connectivity index (χ4v) is 4.43. The van der Waals surface area contributed by atoms with Gasteiger partial charge in [0, 0.05) is 24.2 Å². The van der Waals surface area contributed by atoms with Gasteiger partial charge in [-0.2, -0.15) is 0 Å². The number of aromatic amines is 1. The van der Waals surface area contributed by atoms with E-state index in [1.165, 1.54) is 27.7 Å². The third-order valence-corrected chi connectivity index (χ3v) is 6.55. The number of nitrogens with one attached hydrogen (secondary N) is 1. The molecule has 8 nitrogen and oxygen atoms in total. The first-order valence-electron chi connectivity index (χ1n) is 11.0. The molecular formula is C25H30N4O4S. The molecule has 9 heteroatoms. The summed E-state index contributed by atoms with van der Waals surface area (Å²) in [6, 6.07) is 15.5. The third-order valence-electron chi connectivity index (χ3n) is 5.55. The second-order valence-corrected chi connectivity index (χ2v) is 9.12. The topological polar surface area (TPSA) is 110 Å². The number of amides is 1. The number of thioether (sulfide) groups is 1. The van der Waals surface area contributed by atoms with E-state index in [0.717, 1.165) is 10.5 Å². The second kappa shape index (κ2) is 11.7. The minimum absolute atomic E-state index is 0.0271. The maximum absolute atomic E-state index is 13.4. The van der Waals surface area contributed by atoms with E-state index >= 15 is 0 Å². The average Bonchev–Trinajstić information content (AvgIpc) is 2.81. The van der Waals surface area contributed by atoms with E-state index < -0.39 is 11.2 Å². The van der Waals surface area contributed by atoms with Gasteiger partial charge in [0.05, 0.1) is 19.7 Å². The van der Waals surface area contributed by atoms with Gasteiger partial charge >= 0.3 is 5.69 Å². The summed E-state index contributed by atoms with van der Waals surface area (Å²) in [5.41, 5.74) is 8.15. The van der Waals surface area contributed by atoms with Crippen molar-refractivity contribution in [3.63, 3.8) is 0 Å². The molecular weight excluding hydrogens is 452 g/mol. The Bertz CT molecular complexity index is 1250. The van der Waals surface area contributed by atoms with Gasteiger partial charge in [-0.15, -0.1) is 11.8 Å². The summed E-state index contributed by atoms with van der Waals surface area (Å²) in [5, 5.41) is 0. The van der Waals surface area contributed by atoms with E-state index in [9.17, 15) is 14.4 Å². The summed E-state index contributed by atoms with van der Waals surface area (Å²) in [4.78, 5) is 43.2. The van der Waals surface area contributed by atoms with Crippen LogP contribution in [0.25, 0.3) is 0 Å². The van der Waals surface area contributed by atoms with E-state index in [0.29, 0.717) is 5.75 Å². The summed E-state index contributed by atoms with van der Waals surface area (Å²) in [7, 11) is 1.51. The Morgan fingerprint density at radius 3 is 2.53 bits per heavy atom. The van der Waals surface area contributed by atoms with Crippen LogP contribution in [0.3, 0.4) is 0 Å². The highest BCUT2D eigenvalue weighted by Crippen LogP contribution is 2.24. The molecule has 1 aromatic heterocycles. The number of anilines is 2. The average molecular weight is 483 g/mol. The smallest absolute Gasteiger partial charge is 0.330 e. The summed E-state index contributed by atoms with van der Waals surface area (Å²) in [6.07, 6.45) is 0.195. The van der Waals surface area contributed by atoms with Crippen molar-refractivity contribution in [1.82, 2.24) is 9.55 Å². The second-order valence-electron chi connectivity index (χ2n) is 7.95. The summed E-state index contributed by atoms with van der Waals surface area (Å²) < 4.78 is 6.27. The fourth-order valence-electron chi connectivity index (χ4n) is 3.50. The number of carbonyl (C=O) groups is 1. The molecule has 0 atom stereocenters. The molecule has 0 radical (unpaired) electrons. The first-order valence-corrected chi connectivity index (χ1v) is 12.0. The molecule has 0 saturated carbocycles. The molecule has 0 bridgehead atoms. The van der Waals surface area contributed by atoms with Crippen molar-refractivity contribution in [3.05, 3.63) is 86.1 Å². The largest absolute Gasteiger partial charge is 0.383 e. The first kappa shape index (κ1) is 25.3. The molecule has 0 aliphatic rings. The van der Waals surface area contributed by atoms with Crippen LogP contribution < -0.4 is 21.9 Å². The van der Waals surface area contributed by atoms with E-state index in [4.69, 9.17) is 10.5 Å². The highest BCUT2D eigenvalue weighted by Gasteiger charge is 2.24. The first-order chi connectivity index (χ1) is 16.3. The van der Waals surface area contributed by atoms with Gasteiger partial charge in [-0.3, -0.25) is 19.1 Å². The van der Waals surface area contributed by atoms with E-state index in [-0.39, 0.29) is 43.5 Å². The third kappa shape index (κ3) is 6.18. The Labute approximate surface area is 202 Å². The maximum Gasteiger partial charge on any atom is 0.330 e. The number of aromatic nitrogens is 2. The SMILES string of the molecule is COCCn1c(N)c(N(Cc2ccccc2)C(=O)CCSc2ccc(C)c(C)c2)c(=O)[nH]c1=O. The maximum atomic E-state index is 13.4. The summed E-state index contributed by atoms with van der Waals surface area (Å²) in [6.45, 7) is 4.65. The van der Waals surface area contributed by atoms with Crippen LogP contribution >= 0.6 is 11.8 Å². The Hall–Kier alpha value is -3.30. The number of nitrogen functional groups attached to an aromatic ring is 1. The molecule has 1 heterocycles. The van der Waals surface area contributed by atoms with Crippen molar-refractivity contribution in [2.24, 2.45) is 0 Å². The predicted molar refractivity (Wildman–Crippen MR) is 137 cm³/mol. The van der Waals surface area contributed by atoms with Gasteiger partial charge in [0.2, 0.25) is 5.91 Å². The number of H-pyrrole nitrogens is 1. The Morgan fingerprint density at radius 2 is 1.85 bits per heavy atom. The quantitative estimate of drug-likeness (QED) is 0.430. The van der Waals surface area contributed by atoms with Crippen LogP contribution in [0.5, 0.6) is 0 Å². The van der Waals surface area contributed by atoms with Gasteiger partial charge in [0.15, 0.2) is 5.69 Å². The highest BCUT2D eigenvalue weighted by atomic mass is 32.2. The lowest BCUT2D eigenvalue weighted by Gasteiger charge is -2.25. The number of methoxy groups -OCH3 is 1. The number of hydrogen-bond acceptors (Lipinski definition) is 6. The molecule has 1 amide bonds. The van der Waals surface area contributed by atoms with Crippen LogP contribution in [0.1, 0.15) is 23.1 Å². The van der Waals surface area contributed by atoms with Gasteiger partial charge in [-0.1, -0.05) is 36.4 Å². The van der Waals surface area contributed by atoms with Gasteiger partial charge in [0.1, 0.15) is 5.82 Å². The van der Waals surface area contributed by atoms with Gasteiger partial charge in [0.25, 0.3) is 5.56 Å². The summed E-state index contributed by atoms with van der Waals surface area (Å²) >= 11 is 1.58. The van der Waals surface area contributed by atoms with E-state index in [2.05, 4.69) is 31.0 Å². The molecule has 0 fully saturated rings. The van der Waals surface area contributed by atoms with Crippen LogP contribution in [0.15, 0.2) is 63.0 Å². The Morgan fingerprint density at radius 1 is 1.12 bits per heavy atom. The lowest BCUT2D eigenvalue weighted by atomic mass is 10.1. The normalized spacial score (nSPS) is 10.9. The zero-order chi connectivity index (χ0) is 24.7. The lowest BCUT2D eigenvalue weighted by molar-refractivity contribution is -0.118. The lowest BCUT2D eigenvalue weighted by Crippen LogP contribution is -2.41. The number of benzene rings is 2. The molecule has 2 aromatic carbocycles. The van der Waals surface area contributed by atoms with Crippen molar-refractivity contribution in [2.75, 3.05) is 30.1 Å². The Balaban J connectivity index is 1.89. The van der Waals surface area contributed by atoms with Crippen molar-refractivity contribution in [1.29, 1.82) is 0 Å². The molecule has 0 aliphatic heterocycles. The fraction of sp³-hybridized carbons (Fsp3) is 0.320. The number of nitrogens with two attached hydrogens (primary N) is 1. The van der Waals surface area contributed by atoms with Crippen LogP contribution in [-0.4, -0.2) is 34.9 Å². The highest BCUT2D eigenvalue weighted by molar-refractivity contribution is 7.99. The van der Waals surface area contributed by atoms with Gasteiger partial charge in [-0.05, 0) is 42.7 Å². The van der Waals surface area contributed by atoms with Crippen molar-refractivity contribution in [2.45, 2.75) is 38.3 Å². The Kier molecular flexibility index (Phi) is 8.72. The van der Waals surface area contributed by atoms with Crippen molar-refractivity contribution >= 4 is 29.2 Å². The van der Waals surface area contributed by atoms with Crippen LogP contribution in [0, 0.1) is 13.8 Å². The van der Waals surface area contributed by atoms with Crippen LogP contribution in [-0.2, 0) is 22.6 Å². The molecule has 0 aliphatic carbocycles. The molecule has 0 unspecified atom stereocenters. The van der Waals surface area contributed by atoms with Gasteiger partial charge in [-0.25, -0.2) is 4.79 Å². The zero-order valence-electron chi connectivity index (χ0n) is 19.7. The molecule has 0 saturated heterocycles. The van der Waals surface area contributed by atoms with Crippen molar-refractivity contribution < 1.29 is 9.53 Å². The monoisotopic (exact) mass is 482 g/mol. The van der Waals surface area contributed by atoms with Crippen molar-refractivity contribution in [3.8, 4) is 0 Å². The minimum Gasteiger partial charge on any atom is -0.383 e. The number of carbonyl (C=O) groups excluding carboxylic acids is 1. The minimum atomic E-state index is -0.692. The number of rotatable bonds is 10. The molecule has 3 rings (SSSR count). The van der Waals surface area contributed by atoms with Crippen LogP contribution in [0.2, 0.25) is 0 Å². The standard InChI is InChI=1S/C25H30N4O4S/c1-17-9-10-20(15-18(17)2)34-14-11-21(30)29(16-19-7-5-4-6-8-19)22-23(26)28(12-13-33-3)25(32)27-24(22)31/h4-10,15H,11-14,16,26H2,1-3H3,(H,27,31,32). The predicted octanol–water partition coefficient (Wildman–Crippen LogP) is 3.10. The molecule has 180 valence electrons. The van der Waals surface area contributed by atoms with Crippen LogP contribution in [0.4, 0.5) is 11.5 Å². The molecule has 0 spiro atoms. The summed E-state index contributed by atoms with van der Waals surface area (Å²) in [5.74, 6) is 0.222. The number of hydrogen-bond donors (Lipinski definition) is 2. The van der Waals surface area contributed by atoms with E-state index in [1.807, 2.05) is 36.4 Å². The number of ether oxygens (including phenoxy) is 1. The number of nitrogens with zero attached hydrogens (tertiary/aromatic N) is 2. The molecule has 3 aromatic rings. The number of aryl methyl sites for hydroxylation is 2. The molecule has 34 heavy (non-hydrogen) atoms. The zero-order valence-corrected chi connectivity index (χ0v) is 20.5. The van der Waals surface area contributed by atoms with Gasteiger partial charge < -0.3 is 15.4 Å². The molecule has 3 N–H and O–H groups in total. The van der Waals surface area contributed by atoms with E-state index in [1.54, 1.807) is 11.8 Å².